The first-order valence-corrected chi connectivity index (χ1v) is 7.11. The summed E-state index contributed by atoms with van der Waals surface area (Å²) in [5.74, 6) is 2.07. The van der Waals surface area contributed by atoms with Gasteiger partial charge in [-0.2, -0.15) is 0 Å². The van der Waals surface area contributed by atoms with E-state index in [1.807, 2.05) is 39.8 Å². The molecule has 2 unspecified atom stereocenters. The van der Waals surface area contributed by atoms with Crippen molar-refractivity contribution in [2.45, 2.75) is 52.3 Å². The summed E-state index contributed by atoms with van der Waals surface area (Å²) in [6.07, 6.45) is 0. The third kappa shape index (κ3) is 4.05. The first kappa shape index (κ1) is 14.6. The molecule has 0 bridgehead atoms. The highest BCUT2D eigenvalue weighted by molar-refractivity contribution is 7.90. The van der Waals surface area contributed by atoms with Gasteiger partial charge in [0.1, 0.15) is 22.3 Å². The molecule has 2 atom stereocenters. The molecule has 1 heterocycles. The first-order valence-electron chi connectivity index (χ1n) is 5.96. The van der Waals surface area contributed by atoms with E-state index in [1.165, 1.54) is 0 Å². The van der Waals surface area contributed by atoms with Gasteiger partial charge in [0, 0.05) is 11.4 Å². The van der Waals surface area contributed by atoms with Crippen LogP contribution in [-0.4, -0.2) is 9.30 Å². The van der Waals surface area contributed by atoms with E-state index in [9.17, 15) is 4.55 Å². The molecule has 0 fully saturated rings. The van der Waals surface area contributed by atoms with Crippen LogP contribution in [-0.2, 0) is 11.4 Å². The van der Waals surface area contributed by atoms with E-state index in [0.717, 1.165) is 11.5 Å². The van der Waals surface area contributed by atoms with Crippen LogP contribution in [0.2, 0.25) is 0 Å². The van der Waals surface area contributed by atoms with Crippen LogP contribution in [0.25, 0.3) is 0 Å². The van der Waals surface area contributed by atoms with Crippen molar-refractivity contribution in [3.05, 3.63) is 23.7 Å². The van der Waals surface area contributed by atoms with E-state index in [4.69, 9.17) is 4.42 Å². The van der Waals surface area contributed by atoms with Crippen molar-refractivity contribution in [1.29, 1.82) is 0 Å². The van der Waals surface area contributed by atoms with Crippen LogP contribution in [0.1, 0.15) is 52.2 Å². The summed E-state index contributed by atoms with van der Waals surface area (Å²) < 4.78 is 20.6. The van der Waals surface area contributed by atoms with Crippen LogP contribution < -0.4 is 4.72 Å². The van der Waals surface area contributed by atoms with E-state index in [0.29, 0.717) is 5.92 Å². The Morgan fingerprint density at radius 3 is 2.24 bits per heavy atom. The van der Waals surface area contributed by atoms with Crippen molar-refractivity contribution < 1.29 is 8.97 Å². The molecule has 98 valence electrons. The number of furan rings is 1. The molecular formula is C13H23NO2S. The molecule has 0 spiro atoms. The molecule has 17 heavy (non-hydrogen) atoms. The minimum atomic E-state index is -1.09. The van der Waals surface area contributed by atoms with Crippen molar-refractivity contribution in [2.75, 3.05) is 0 Å². The van der Waals surface area contributed by atoms with E-state index >= 15 is 0 Å². The van der Waals surface area contributed by atoms with E-state index in [2.05, 4.69) is 18.6 Å². The Morgan fingerprint density at radius 1 is 1.29 bits per heavy atom. The third-order valence-electron chi connectivity index (χ3n) is 2.52. The highest BCUT2D eigenvalue weighted by Crippen LogP contribution is 2.26. The van der Waals surface area contributed by atoms with Crippen LogP contribution in [0, 0.1) is 12.8 Å². The third-order valence-corrected chi connectivity index (χ3v) is 4.10. The number of hydrogen-bond donors (Lipinski definition) is 1. The standard InChI is InChI=1S/C13H23NO2S/c1-9(2)12(11-8-7-10(3)16-11)14-17(15)13(4,5)6/h7-9,12,14H,1-6H3. The summed E-state index contributed by atoms with van der Waals surface area (Å²) >= 11 is -1.09. The molecule has 0 amide bonds. The van der Waals surface area contributed by atoms with Gasteiger partial charge in [-0.05, 0) is 45.7 Å². The molecule has 1 rings (SSSR count). The summed E-state index contributed by atoms with van der Waals surface area (Å²) in [6, 6.07) is 3.88. The maximum absolute atomic E-state index is 12.1. The van der Waals surface area contributed by atoms with Crippen molar-refractivity contribution in [3.8, 4) is 0 Å². The maximum Gasteiger partial charge on any atom is 0.136 e. The average Bonchev–Trinajstić information content (AvgIpc) is 2.58. The van der Waals surface area contributed by atoms with Crippen LogP contribution in [0.15, 0.2) is 16.5 Å². The molecule has 1 aromatic rings. The Balaban J connectivity index is 2.81. The SMILES string of the molecule is Cc1ccc(C(N[S+]([O-])C(C)(C)C)C(C)C)o1. The predicted octanol–water partition coefficient (Wildman–Crippen LogP) is 3.34. The lowest BCUT2D eigenvalue weighted by molar-refractivity contribution is 0.365. The van der Waals surface area contributed by atoms with Gasteiger partial charge in [-0.1, -0.05) is 13.8 Å². The van der Waals surface area contributed by atoms with Crippen molar-refractivity contribution in [1.82, 2.24) is 4.72 Å². The zero-order valence-electron chi connectivity index (χ0n) is 11.5. The topological polar surface area (TPSA) is 48.2 Å². The Morgan fingerprint density at radius 2 is 1.88 bits per heavy atom. The fourth-order valence-electron chi connectivity index (χ4n) is 1.44. The van der Waals surface area contributed by atoms with Gasteiger partial charge >= 0.3 is 0 Å². The van der Waals surface area contributed by atoms with Crippen LogP contribution >= 0.6 is 0 Å². The lowest BCUT2D eigenvalue weighted by atomic mass is 10.0. The summed E-state index contributed by atoms with van der Waals surface area (Å²) in [5, 5.41) is 0. The van der Waals surface area contributed by atoms with E-state index in [1.54, 1.807) is 0 Å². The van der Waals surface area contributed by atoms with Gasteiger partial charge in [-0.25, -0.2) is 0 Å². The lowest BCUT2D eigenvalue weighted by Crippen LogP contribution is -2.42. The van der Waals surface area contributed by atoms with Crippen LogP contribution in [0.4, 0.5) is 0 Å². The van der Waals surface area contributed by atoms with Crippen molar-refractivity contribution >= 4 is 11.4 Å². The molecule has 0 aliphatic carbocycles. The maximum atomic E-state index is 12.1. The van der Waals surface area contributed by atoms with Crippen molar-refractivity contribution in [3.63, 3.8) is 0 Å². The summed E-state index contributed by atoms with van der Waals surface area (Å²) in [5.41, 5.74) is 0. The molecule has 0 aromatic carbocycles. The second-order valence-corrected chi connectivity index (χ2v) is 7.67. The molecule has 0 radical (unpaired) electrons. The zero-order valence-corrected chi connectivity index (χ0v) is 12.4. The Hall–Kier alpha value is -0.450. The minimum absolute atomic E-state index is 0.0104. The molecule has 0 saturated carbocycles. The van der Waals surface area contributed by atoms with Crippen molar-refractivity contribution in [2.24, 2.45) is 5.92 Å². The van der Waals surface area contributed by atoms with Crippen LogP contribution in [0.3, 0.4) is 0 Å². The second kappa shape index (κ2) is 5.46. The molecule has 0 aliphatic rings. The first-order chi connectivity index (χ1) is 7.71. The van der Waals surface area contributed by atoms with Gasteiger partial charge in [0.05, 0.1) is 0 Å². The zero-order chi connectivity index (χ0) is 13.2. The Bertz CT molecular complexity index is 355. The highest BCUT2D eigenvalue weighted by Gasteiger charge is 2.32. The largest absolute Gasteiger partial charge is 0.598 e. The summed E-state index contributed by atoms with van der Waals surface area (Å²) in [4.78, 5) is 0. The van der Waals surface area contributed by atoms with E-state index < -0.39 is 11.4 Å². The smallest absolute Gasteiger partial charge is 0.136 e. The molecule has 1 aromatic heterocycles. The second-order valence-electron chi connectivity index (χ2n) is 5.67. The number of hydrogen-bond acceptors (Lipinski definition) is 3. The predicted molar refractivity (Wildman–Crippen MR) is 72.1 cm³/mol. The molecule has 1 N–H and O–H groups in total. The van der Waals surface area contributed by atoms with Gasteiger partial charge < -0.3 is 8.97 Å². The molecule has 0 saturated heterocycles. The number of aryl methyl sites for hydroxylation is 1. The molecular weight excluding hydrogens is 234 g/mol. The normalized spacial score (nSPS) is 16.2. The fraction of sp³-hybridized carbons (Fsp3) is 0.692. The summed E-state index contributed by atoms with van der Waals surface area (Å²) in [6.45, 7) is 12.0. The van der Waals surface area contributed by atoms with Gasteiger partial charge in [0.15, 0.2) is 0 Å². The minimum Gasteiger partial charge on any atom is -0.598 e. The molecule has 4 heteroatoms. The monoisotopic (exact) mass is 257 g/mol. The molecule has 3 nitrogen and oxygen atoms in total. The van der Waals surface area contributed by atoms with Gasteiger partial charge in [0.2, 0.25) is 0 Å². The quantitative estimate of drug-likeness (QED) is 0.842. The highest BCUT2D eigenvalue weighted by atomic mass is 32.2. The van der Waals surface area contributed by atoms with E-state index in [-0.39, 0.29) is 10.8 Å². The van der Waals surface area contributed by atoms with Gasteiger partial charge in [0.25, 0.3) is 0 Å². The van der Waals surface area contributed by atoms with Gasteiger partial charge in [-0.3, -0.25) is 0 Å². The fourth-order valence-corrected chi connectivity index (χ4v) is 2.41. The summed E-state index contributed by atoms with van der Waals surface area (Å²) in [7, 11) is 0. The van der Waals surface area contributed by atoms with Crippen LogP contribution in [0.5, 0.6) is 0 Å². The number of rotatable bonds is 4. The number of nitrogens with one attached hydrogen (secondary N) is 1. The Kier molecular flexibility index (Phi) is 4.69. The molecule has 0 aliphatic heterocycles. The van der Waals surface area contributed by atoms with Gasteiger partial charge in [-0.15, -0.1) is 4.72 Å². The lowest BCUT2D eigenvalue weighted by Gasteiger charge is -2.28. The average molecular weight is 257 g/mol. The Labute approximate surface area is 107 Å².